The fraction of sp³-hybridized carbons (Fsp3) is 0.867. The average Bonchev–Trinajstić information content (AvgIpc) is 2.79. The zero-order valence-electron chi connectivity index (χ0n) is 12.8. The molecule has 0 aromatic rings. The number of carbonyl (C=O) groups is 2. The Kier molecular flexibility index (Phi) is 5.45. The van der Waals surface area contributed by atoms with Crippen molar-refractivity contribution >= 4 is 12.0 Å². The highest BCUT2D eigenvalue weighted by Crippen LogP contribution is 2.33. The molecule has 2 saturated heterocycles. The molecule has 0 bridgehead atoms. The van der Waals surface area contributed by atoms with Crippen LogP contribution in [0.5, 0.6) is 0 Å². The summed E-state index contributed by atoms with van der Waals surface area (Å²) in [4.78, 5) is 26.9. The third-order valence-electron chi connectivity index (χ3n) is 4.49. The first-order valence-corrected chi connectivity index (χ1v) is 7.97. The Bertz CT molecular complexity index is 378. The number of carbonyl (C=O) groups excluding carboxylic acids is 2. The maximum absolute atomic E-state index is 12.0. The lowest BCUT2D eigenvalue weighted by molar-refractivity contribution is -0.137. The van der Waals surface area contributed by atoms with Gasteiger partial charge in [0.2, 0.25) is 5.91 Å². The Morgan fingerprint density at radius 3 is 2.62 bits per heavy atom. The van der Waals surface area contributed by atoms with Crippen molar-refractivity contribution < 1.29 is 19.4 Å². The first-order chi connectivity index (χ1) is 10.1. The van der Waals surface area contributed by atoms with Gasteiger partial charge in [0.1, 0.15) is 12.2 Å². The van der Waals surface area contributed by atoms with Crippen LogP contribution in [0.4, 0.5) is 4.79 Å². The van der Waals surface area contributed by atoms with Gasteiger partial charge in [-0.05, 0) is 6.42 Å². The van der Waals surface area contributed by atoms with Crippen molar-refractivity contribution in [3.05, 3.63) is 0 Å². The number of piperidine rings is 1. The molecule has 0 atom stereocenters. The van der Waals surface area contributed by atoms with Crippen LogP contribution in [0.25, 0.3) is 0 Å². The van der Waals surface area contributed by atoms with Gasteiger partial charge in [-0.15, -0.1) is 0 Å². The van der Waals surface area contributed by atoms with Crippen LogP contribution in [0.15, 0.2) is 0 Å². The van der Waals surface area contributed by atoms with Crippen molar-refractivity contribution in [2.45, 2.75) is 51.0 Å². The van der Waals surface area contributed by atoms with Gasteiger partial charge in [0, 0.05) is 32.5 Å². The van der Waals surface area contributed by atoms with Crippen molar-refractivity contribution in [2.24, 2.45) is 0 Å². The van der Waals surface area contributed by atoms with Crippen LogP contribution in [-0.4, -0.2) is 65.3 Å². The van der Waals surface area contributed by atoms with Crippen molar-refractivity contribution in [3.63, 3.8) is 0 Å². The van der Waals surface area contributed by atoms with Gasteiger partial charge in [-0.2, -0.15) is 0 Å². The Hall–Kier alpha value is -1.30. The van der Waals surface area contributed by atoms with Crippen molar-refractivity contribution in [2.75, 3.05) is 32.8 Å². The molecule has 2 heterocycles. The number of aliphatic hydroxyl groups excluding tert-OH is 1. The van der Waals surface area contributed by atoms with Gasteiger partial charge < -0.3 is 19.6 Å². The second-order valence-electron chi connectivity index (χ2n) is 6.07. The van der Waals surface area contributed by atoms with E-state index < -0.39 is 12.2 Å². The molecule has 1 spiro atoms. The molecule has 2 aliphatic heterocycles. The molecule has 120 valence electrons. The number of ether oxygens (including phenoxy) is 1. The molecule has 0 aliphatic carbocycles. The van der Waals surface area contributed by atoms with Crippen molar-refractivity contribution in [1.82, 2.24) is 9.80 Å². The number of amides is 2. The summed E-state index contributed by atoms with van der Waals surface area (Å²) in [6.45, 7) is 4.22. The number of aliphatic hydroxyl groups is 1. The van der Waals surface area contributed by atoms with Crippen LogP contribution < -0.4 is 0 Å². The van der Waals surface area contributed by atoms with E-state index in [0.29, 0.717) is 32.5 Å². The first kappa shape index (κ1) is 16.1. The van der Waals surface area contributed by atoms with E-state index in [0.717, 1.165) is 19.4 Å². The lowest BCUT2D eigenvalue weighted by Crippen LogP contribution is -2.49. The minimum absolute atomic E-state index is 0.214. The van der Waals surface area contributed by atoms with E-state index in [1.165, 1.54) is 12.8 Å². The predicted octanol–water partition coefficient (Wildman–Crippen LogP) is 1.37. The lowest BCUT2D eigenvalue weighted by Gasteiger charge is -2.37. The van der Waals surface area contributed by atoms with Crippen LogP contribution in [0.3, 0.4) is 0 Å². The van der Waals surface area contributed by atoms with E-state index in [1.54, 1.807) is 9.80 Å². The summed E-state index contributed by atoms with van der Waals surface area (Å²) in [5.41, 5.74) is -0.423. The molecule has 21 heavy (non-hydrogen) atoms. The Morgan fingerprint density at radius 2 is 2.00 bits per heavy atom. The van der Waals surface area contributed by atoms with Crippen LogP contribution in [0, 0.1) is 0 Å². The SMILES string of the molecule is CCCCCCN1CC2(CCN(C(=O)CO)CC2)OC1=O. The first-order valence-electron chi connectivity index (χ1n) is 7.97. The number of hydrogen-bond acceptors (Lipinski definition) is 4. The zero-order valence-corrected chi connectivity index (χ0v) is 12.8. The second kappa shape index (κ2) is 7.11. The van der Waals surface area contributed by atoms with Gasteiger partial charge in [-0.3, -0.25) is 4.79 Å². The summed E-state index contributed by atoms with van der Waals surface area (Å²) in [5.74, 6) is -0.245. The topological polar surface area (TPSA) is 70.1 Å². The monoisotopic (exact) mass is 298 g/mol. The molecule has 0 aromatic carbocycles. The molecule has 2 aliphatic rings. The van der Waals surface area contributed by atoms with E-state index in [2.05, 4.69) is 6.92 Å². The molecule has 0 aromatic heterocycles. The maximum Gasteiger partial charge on any atom is 0.410 e. The van der Waals surface area contributed by atoms with Crippen LogP contribution >= 0.6 is 0 Å². The molecule has 0 unspecified atom stereocenters. The second-order valence-corrected chi connectivity index (χ2v) is 6.07. The Morgan fingerprint density at radius 1 is 1.29 bits per heavy atom. The average molecular weight is 298 g/mol. The third-order valence-corrected chi connectivity index (χ3v) is 4.49. The van der Waals surface area contributed by atoms with Crippen molar-refractivity contribution in [1.29, 1.82) is 0 Å². The van der Waals surface area contributed by atoms with E-state index in [9.17, 15) is 9.59 Å². The summed E-state index contributed by atoms with van der Waals surface area (Å²) < 4.78 is 5.61. The van der Waals surface area contributed by atoms with Crippen LogP contribution in [0.2, 0.25) is 0 Å². The Labute approximate surface area is 126 Å². The van der Waals surface area contributed by atoms with Crippen molar-refractivity contribution in [3.8, 4) is 0 Å². The van der Waals surface area contributed by atoms with E-state index >= 15 is 0 Å². The molecule has 2 rings (SSSR count). The Balaban J connectivity index is 1.81. The molecular weight excluding hydrogens is 272 g/mol. The van der Waals surface area contributed by atoms with Crippen LogP contribution in [0.1, 0.15) is 45.4 Å². The lowest BCUT2D eigenvalue weighted by atomic mass is 9.91. The fourth-order valence-electron chi connectivity index (χ4n) is 3.12. The highest BCUT2D eigenvalue weighted by molar-refractivity contribution is 5.77. The van der Waals surface area contributed by atoms with Crippen LogP contribution in [-0.2, 0) is 9.53 Å². The van der Waals surface area contributed by atoms with Gasteiger partial charge in [0.05, 0.1) is 6.54 Å². The number of likely N-dealkylation sites (tertiary alicyclic amines) is 1. The minimum atomic E-state index is -0.448. The fourth-order valence-corrected chi connectivity index (χ4v) is 3.12. The molecule has 1 N–H and O–H groups in total. The number of hydrogen-bond donors (Lipinski definition) is 1. The predicted molar refractivity (Wildman–Crippen MR) is 77.8 cm³/mol. The number of rotatable bonds is 6. The quantitative estimate of drug-likeness (QED) is 0.752. The van der Waals surface area contributed by atoms with Gasteiger partial charge in [-0.25, -0.2) is 4.79 Å². The van der Waals surface area contributed by atoms with Gasteiger partial charge in [-0.1, -0.05) is 26.2 Å². The summed E-state index contributed by atoms with van der Waals surface area (Å²) in [5, 5.41) is 8.88. The third kappa shape index (κ3) is 3.87. The molecule has 0 saturated carbocycles. The standard InChI is InChI=1S/C15H26N2O4/c1-2-3-4-5-8-17-12-15(21-14(17)20)6-9-16(10-7-15)13(19)11-18/h18H,2-12H2,1H3. The smallest absolute Gasteiger partial charge is 0.410 e. The molecule has 6 heteroatoms. The highest BCUT2D eigenvalue weighted by atomic mass is 16.6. The number of nitrogens with zero attached hydrogens (tertiary/aromatic N) is 2. The molecular formula is C15H26N2O4. The van der Waals surface area contributed by atoms with E-state index in [-0.39, 0.29) is 12.0 Å². The molecule has 6 nitrogen and oxygen atoms in total. The number of unbranched alkanes of at least 4 members (excludes halogenated alkanes) is 3. The van der Waals surface area contributed by atoms with E-state index in [1.807, 2.05) is 0 Å². The molecule has 0 radical (unpaired) electrons. The molecule has 2 amide bonds. The highest BCUT2D eigenvalue weighted by Gasteiger charge is 2.47. The van der Waals surface area contributed by atoms with E-state index in [4.69, 9.17) is 9.84 Å². The normalized spacial score (nSPS) is 21.0. The maximum atomic E-state index is 12.0. The summed E-state index contributed by atoms with van der Waals surface area (Å²) >= 11 is 0. The minimum Gasteiger partial charge on any atom is -0.441 e. The molecule has 2 fully saturated rings. The largest absolute Gasteiger partial charge is 0.441 e. The summed E-state index contributed by atoms with van der Waals surface area (Å²) in [7, 11) is 0. The van der Waals surface area contributed by atoms with Gasteiger partial charge in [0.25, 0.3) is 0 Å². The summed E-state index contributed by atoms with van der Waals surface area (Å²) in [6.07, 6.45) is 5.66. The van der Waals surface area contributed by atoms with Gasteiger partial charge in [0.15, 0.2) is 0 Å². The zero-order chi connectivity index (χ0) is 15.3. The summed E-state index contributed by atoms with van der Waals surface area (Å²) in [6, 6.07) is 0. The van der Waals surface area contributed by atoms with Gasteiger partial charge >= 0.3 is 6.09 Å².